The van der Waals surface area contributed by atoms with Crippen LogP contribution in [0.2, 0.25) is 0 Å². The van der Waals surface area contributed by atoms with E-state index in [1.807, 2.05) is 193 Å². The number of methoxy groups -OCH3 is 4. The van der Waals surface area contributed by atoms with Gasteiger partial charge in [0.1, 0.15) is 54.9 Å². The highest BCUT2D eigenvalue weighted by Gasteiger charge is 2.20. The molecule has 0 bridgehead atoms. The molecule has 10 aromatic rings. The van der Waals surface area contributed by atoms with Crippen LogP contribution in [0.25, 0.3) is 11.0 Å². The first-order chi connectivity index (χ1) is 40.0. The predicted octanol–water partition coefficient (Wildman–Crippen LogP) is 12.0. The third-order valence-corrected chi connectivity index (χ3v) is 12.4. The fraction of sp³-hybridized carbons (Fsp3) is 0.182. The summed E-state index contributed by atoms with van der Waals surface area (Å²) in [6, 6.07) is 54.3. The second-order valence-electron chi connectivity index (χ2n) is 18.2. The number of fused-ring (bicyclic) bond motifs is 2. The predicted molar refractivity (Wildman–Crippen MR) is 310 cm³/mol. The number of esters is 4. The highest BCUT2D eigenvalue weighted by atomic mass is 16.5. The lowest BCUT2D eigenvalue weighted by Crippen LogP contribution is -2.08. The lowest BCUT2D eigenvalue weighted by Gasteiger charge is -2.09. The number of ether oxygens (including phenoxy) is 8. The van der Waals surface area contributed by atoms with Gasteiger partial charge in [-0.3, -0.25) is 19.6 Å². The summed E-state index contributed by atoms with van der Waals surface area (Å²) < 4.78 is 45.8. The summed E-state index contributed by atoms with van der Waals surface area (Å²) in [4.78, 5) is 54.6. The van der Waals surface area contributed by atoms with Crippen molar-refractivity contribution in [2.75, 3.05) is 28.4 Å². The molecule has 0 saturated carbocycles. The summed E-state index contributed by atoms with van der Waals surface area (Å²) in [5, 5.41) is 0. The Morgan fingerprint density at radius 2 is 0.902 bits per heavy atom. The minimum Gasteiger partial charge on any atom is -0.487 e. The number of rotatable bonds is 18. The van der Waals surface area contributed by atoms with Crippen LogP contribution in [0, 0.1) is 13.8 Å². The normalized spacial score (nSPS) is 10.3. The SMILES string of the molecule is COC(=O)Cc1ccc(OCc2ccccc2)cn1.COC(=O)Cc1ncccc1OCc1ccccc1.COC(=O)c1c(C)cn2cc(OCc3ccccc3)ccc12.COC(=O)c1c(C)cn2cccc(OCc3ccccc3)c12. The van der Waals surface area contributed by atoms with E-state index >= 15 is 0 Å². The van der Waals surface area contributed by atoms with Crippen LogP contribution in [0.1, 0.15) is 65.5 Å². The van der Waals surface area contributed by atoms with Crippen LogP contribution in [0.4, 0.5) is 0 Å². The number of hydrogen-bond acceptors (Lipinski definition) is 14. The number of hydrogen-bond donors (Lipinski definition) is 0. The number of benzene rings is 4. The van der Waals surface area contributed by atoms with Crippen LogP contribution >= 0.6 is 0 Å². The van der Waals surface area contributed by atoms with Crippen LogP contribution in [-0.2, 0) is 67.8 Å². The molecule has 0 unspecified atom stereocenters. The first kappa shape index (κ1) is 59.4. The van der Waals surface area contributed by atoms with Gasteiger partial charge in [0, 0.05) is 24.8 Å². The van der Waals surface area contributed by atoms with Crippen molar-refractivity contribution in [2.45, 2.75) is 53.1 Å². The fourth-order valence-corrected chi connectivity index (χ4v) is 8.21. The Hall–Kier alpha value is -10.2. The Morgan fingerprint density at radius 3 is 1.44 bits per heavy atom. The van der Waals surface area contributed by atoms with Crippen LogP contribution in [0.5, 0.6) is 23.0 Å². The molecule has 0 aliphatic heterocycles. The molecule has 0 amide bonds. The highest BCUT2D eigenvalue weighted by Crippen LogP contribution is 2.29. The summed E-state index contributed by atoms with van der Waals surface area (Å²) in [6.07, 6.45) is 11.1. The average molecular weight is 1110 g/mol. The Labute approximate surface area is 476 Å². The van der Waals surface area contributed by atoms with Crippen molar-refractivity contribution in [3.8, 4) is 23.0 Å². The van der Waals surface area contributed by atoms with E-state index in [2.05, 4.69) is 19.4 Å². The molecule has 0 spiro atoms. The second kappa shape index (κ2) is 30.8. The van der Waals surface area contributed by atoms with Crippen molar-refractivity contribution in [3.05, 3.63) is 263 Å². The number of nitrogens with zero attached hydrogens (tertiary/aromatic N) is 4. The van der Waals surface area contributed by atoms with Crippen molar-refractivity contribution < 1.29 is 57.1 Å². The minimum atomic E-state index is -0.351. The standard InChI is InChI=1S/2C18H17NO3.2C15H15NO3/c1-13-11-19-10-6-9-15(17(19)16(13)18(20)21-2)22-12-14-7-4-3-5-8-14;1-13-10-19-11-15(22-12-14-6-4-3-5-7-14)8-9-16(19)17(13)18(20)21-2;1-18-15(17)10-13-14(8-5-9-16-13)19-11-12-6-3-2-4-7-12;1-18-15(17)9-13-7-8-14(10-16-13)19-11-12-5-3-2-4-6-12/h2*3-11H,12H2,1-2H3;2-9H,10-11H2,1H3;2-8,10H,9,11H2,1H3. The molecule has 420 valence electrons. The number of carbonyl (C=O) groups is 4. The topological polar surface area (TPSA) is 177 Å². The number of carbonyl (C=O) groups excluding carboxylic acids is 4. The Balaban J connectivity index is 0.000000158. The van der Waals surface area contributed by atoms with Gasteiger partial charge in [0.25, 0.3) is 0 Å². The van der Waals surface area contributed by atoms with Gasteiger partial charge in [-0.05, 0) is 95.8 Å². The van der Waals surface area contributed by atoms with E-state index in [0.717, 1.165) is 50.2 Å². The van der Waals surface area contributed by atoms with E-state index in [1.54, 1.807) is 36.7 Å². The van der Waals surface area contributed by atoms with Crippen LogP contribution < -0.4 is 18.9 Å². The molecule has 16 nitrogen and oxygen atoms in total. The summed E-state index contributed by atoms with van der Waals surface area (Å²) in [5.41, 5.74) is 10.0. The summed E-state index contributed by atoms with van der Waals surface area (Å²) in [6.45, 7) is 5.69. The summed E-state index contributed by atoms with van der Waals surface area (Å²) in [5.74, 6) is 1.40. The lowest BCUT2D eigenvalue weighted by atomic mass is 10.1. The third-order valence-electron chi connectivity index (χ3n) is 12.4. The number of aromatic nitrogens is 4. The van der Waals surface area contributed by atoms with E-state index in [0.29, 0.717) is 66.2 Å². The summed E-state index contributed by atoms with van der Waals surface area (Å²) in [7, 11) is 5.50. The van der Waals surface area contributed by atoms with Gasteiger partial charge in [0.15, 0.2) is 0 Å². The molecule has 0 radical (unpaired) electrons. The average Bonchev–Trinajstić information content (AvgIpc) is 4.03. The van der Waals surface area contributed by atoms with E-state index in [-0.39, 0.29) is 36.7 Å². The van der Waals surface area contributed by atoms with Gasteiger partial charge >= 0.3 is 23.9 Å². The summed E-state index contributed by atoms with van der Waals surface area (Å²) >= 11 is 0. The van der Waals surface area contributed by atoms with Crippen molar-refractivity contribution in [2.24, 2.45) is 0 Å². The zero-order chi connectivity index (χ0) is 58.1. The van der Waals surface area contributed by atoms with E-state index in [9.17, 15) is 19.2 Å². The molecular formula is C66H64N4O12. The van der Waals surface area contributed by atoms with Gasteiger partial charge < -0.3 is 46.7 Å². The Morgan fingerprint density at radius 1 is 0.427 bits per heavy atom. The lowest BCUT2D eigenvalue weighted by molar-refractivity contribution is -0.140. The highest BCUT2D eigenvalue weighted by molar-refractivity contribution is 6.01. The zero-order valence-corrected chi connectivity index (χ0v) is 46.6. The van der Waals surface area contributed by atoms with Gasteiger partial charge in [-0.25, -0.2) is 9.59 Å². The van der Waals surface area contributed by atoms with Crippen molar-refractivity contribution >= 4 is 34.9 Å². The van der Waals surface area contributed by atoms with E-state index in [1.165, 1.54) is 28.4 Å². The van der Waals surface area contributed by atoms with Gasteiger partial charge in [0.2, 0.25) is 0 Å². The molecule has 0 saturated heterocycles. The monoisotopic (exact) mass is 1100 g/mol. The maximum atomic E-state index is 12.0. The van der Waals surface area contributed by atoms with Crippen molar-refractivity contribution in [1.82, 2.24) is 18.8 Å². The zero-order valence-electron chi connectivity index (χ0n) is 46.6. The molecule has 0 aliphatic carbocycles. The van der Waals surface area contributed by atoms with E-state index < -0.39 is 0 Å². The molecule has 10 rings (SSSR count). The molecule has 0 fully saturated rings. The molecule has 6 heterocycles. The minimum absolute atomic E-state index is 0.113. The first-order valence-corrected chi connectivity index (χ1v) is 26.0. The fourth-order valence-electron chi connectivity index (χ4n) is 8.21. The maximum Gasteiger partial charge on any atom is 0.340 e. The second-order valence-corrected chi connectivity index (χ2v) is 18.2. The molecular weight excluding hydrogens is 1040 g/mol. The molecule has 0 atom stereocenters. The quantitative estimate of drug-likeness (QED) is 0.0585. The number of pyridine rings is 4. The van der Waals surface area contributed by atoms with Gasteiger partial charge in [-0.15, -0.1) is 0 Å². The van der Waals surface area contributed by atoms with Crippen molar-refractivity contribution in [3.63, 3.8) is 0 Å². The Kier molecular flexibility index (Phi) is 22.3. The van der Waals surface area contributed by atoms with Gasteiger partial charge in [-0.1, -0.05) is 121 Å². The van der Waals surface area contributed by atoms with Crippen LogP contribution in [0.3, 0.4) is 0 Å². The Bertz CT molecular complexity index is 3630. The molecule has 4 aromatic carbocycles. The third kappa shape index (κ3) is 17.4. The maximum absolute atomic E-state index is 12.0. The molecule has 0 N–H and O–H groups in total. The van der Waals surface area contributed by atoms with Crippen molar-refractivity contribution in [1.29, 1.82) is 0 Å². The van der Waals surface area contributed by atoms with E-state index in [4.69, 9.17) is 28.4 Å². The van der Waals surface area contributed by atoms with Gasteiger partial charge in [0.05, 0.1) is 81.7 Å². The smallest absolute Gasteiger partial charge is 0.340 e. The largest absolute Gasteiger partial charge is 0.487 e. The molecule has 0 aliphatic rings. The molecule has 16 heteroatoms. The van der Waals surface area contributed by atoms with Gasteiger partial charge in [-0.2, -0.15) is 0 Å². The number of aryl methyl sites for hydroxylation is 2. The van der Waals surface area contributed by atoms with Crippen LogP contribution in [0.15, 0.2) is 207 Å². The molecule has 82 heavy (non-hydrogen) atoms. The van der Waals surface area contributed by atoms with Crippen LogP contribution in [-0.4, -0.2) is 71.1 Å². The molecule has 6 aromatic heterocycles. The first-order valence-electron chi connectivity index (χ1n) is 26.0.